The first kappa shape index (κ1) is 22.9. The fraction of sp³-hybridized carbons (Fsp3) is 0.926. The zero-order chi connectivity index (χ0) is 22.1. The first-order chi connectivity index (χ1) is 13.8. The van der Waals surface area contributed by atoms with Crippen molar-refractivity contribution >= 4 is 8.32 Å². The van der Waals surface area contributed by atoms with Crippen LogP contribution in [0, 0.1) is 40.4 Å². The van der Waals surface area contributed by atoms with Crippen LogP contribution in [0.3, 0.4) is 0 Å². The summed E-state index contributed by atoms with van der Waals surface area (Å²) in [5.41, 5.74) is 2.46. The molecule has 172 valence electrons. The molecule has 1 unspecified atom stereocenters. The Morgan fingerprint density at radius 2 is 1.77 bits per heavy atom. The van der Waals surface area contributed by atoms with Crippen LogP contribution in [0.5, 0.6) is 0 Å². The topological polar surface area (TPSA) is 21.3 Å². The molecule has 1 aliphatic heterocycles. The minimum atomic E-state index is -1.75. The summed E-state index contributed by atoms with van der Waals surface area (Å²) in [6.45, 7) is 22.0. The van der Waals surface area contributed by atoms with Gasteiger partial charge in [0.25, 0.3) is 0 Å². The van der Waals surface area contributed by atoms with Crippen molar-refractivity contribution in [1.29, 1.82) is 0 Å². The van der Waals surface area contributed by atoms with Gasteiger partial charge < -0.3 is 9.74 Å². The van der Waals surface area contributed by atoms with Crippen molar-refractivity contribution in [2.45, 2.75) is 118 Å². The van der Waals surface area contributed by atoms with E-state index in [9.17, 15) is 0 Å². The summed E-state index contributed by atoms with van der Waals surface area (Å²) in [5, 5.41) is 4.22. The van der Waals surface area contributed by atoms with Gasteiger partial charge in [0.05, 0.1) is 0 Å². The third-order valence-corrected chi connectivity index (χ3v) is 15.5. The zero-order valence-electron chi connectivity index (χ0n) is 21.4. The summed E-state index contributed by atoms with van der Waals surface area (Å²) in [5.74, 6) is 4.32. The normalized spacial score (nSPS) is 46.4. The van der Waals surface area contributed by atoms with Crippen LogP contribution >= 0.6 is 0 Å². The molecule has 0 spiro atoms. The van der Waals surface area contributed by atoms with Crippen molar-refractivity contribution in [3.8, 4) is 0 Å². The molecule has 3 aliphatic carbocycles. The van der Waals surface area contributed by atoms with Gasteiger partial charge in [0.15, 0.2) is 8.32 Å². The predicted octanol–water partition coefficient (Wildman–Crippen LogP) is 7.73. The molecule has 0 aromatic rings. The van der Waals surface area contributed by atoms with Gasteiger partial charge >= 0.3 is 0 Å². The summed E-state index contributed by atoms with van der Waals surface area (Å²) in [7, 11) is -1.75. The summed E-state index contributed by atoms with van der Waals surface area (Å²) in [6, 6.07) is 0. The number of allylic oxidation sites excluding steroid dienone is 2. The van der Waals surface area contributed by atoms with Gasteiger partial charge in [-0.1, -0.05) is 61.0 Å². The molecular weight excluding hydrogens is 382 g/mol. The summed E-state index contributed by atoms with van der Waals surface area (Å²) in [6.07, 6.45) is 12.5. The number of hydrogen-bond acceptors (Lipinski definition) is 2. The molecule has 3 heteroatoms. The molecule has 1 saturated heterocycles. The van der Waals surface area contributed by atoms with Gasteiger partial charge in [-0.25, -0.2) is 0 Å². The quantitative estimate of drug-likeness (QED) is 0.462. The second-order valence-corrected chi connectivity index (χ2v) is 18.2. The Labute approximate surface area is 188 Å². The number of fused-ring (bicyclic) bond motifs is 5. The molecule has 8 atom stereocenters. The van der Waals surface area contributed by atoms with Crippen LogP contribution in [0.1, 0.15) is 93.4 Å². The molecule has 0 radical (unpaired) electrons. The van der Waals surface area contributed by atoms with E-state index in [0.717, 1.165) is 30.1 Å². The average Bonchev–Trinajstić information content (AvgIpc) is 2.98. The first-order valence-electron chi connectivity index (χ1n) is 13.0. The fourth-order valence-corrected chi connectivity index (χ4v) is 9.29. The van der Waals surface area contributed by atoms with Crippen LogP contribution in [-0.4, -0.2) is 14.5 Å². The van der Waals surface area contributed by atoms with Gasteiger partial charge in [0.1, 0.15) is 6.23 Å². The zero-order valence-corrected chi connectivity index (χ0v) is 22.4. The van der Waals surface area contributed by atoms with Crippen molar-refractivity contribution in [2.24, 2.45) is 40.4 Å². The standard InChI is InChI=1S/C27H49NOSi/c1-10-19-11-12-20-24-18(2)17-22-27(7,21(24)13-15-26(19,20)6)16-14-23(28-22)29-30(8,9)25(3,4)5/h17-21,23-24,28H,10-16H2,1-9H3/t18-,19-,20-,21-,23?,24-,26+,27+/m0/s1. The van der Waals surface area contributed by atoms with Crippen LogP contribution in [0.2, 0.25) is 18.1 Å². The monoisotopic (exact) mass is 431 g/mol. The average molecular weight is 432 g/mol. The molecule has 0 bridgehead atoms. The van der Waals surface area contributed by atoms with E-state index in [-0.39, 0.29) is 11.3 Å². The van der Waals surface area contributed by atoms with Gasteiger partial charge in [0.2, 0.25) is 0 Å². The van der Waals surface area contributed by atoms with E-state index in [1.54, 1.807) is 0 Å². The van der Waals surface area contributed by atoms with Crippen LogP contribution in [0.15, 0.2) is 11.8 Å². The fourth-order valence-electron chi connectivity index (χ4n) is 8.05. The largest absolute Gasteiger partial charge is 0.397 e. The predicted molar refractivity (Wildman–Crippen MR) is 131 cm³/mol. The van der Waals surface area contributed by atoms with Gasteiger partial charge in [-0.05, 0) is 91.7 Å². The highest BCUT2D eigenvalue weighted by molar-refractivity contribution is 6.74. The van der Waals surface area contributed by atoms with E-state index in [4.69, 9.17) is 4.43 Å². The molecule has 0 aromatic heterocycles. The van der Waals surface area contributed by atoms with Crippen LogP contribution < -0.4 is 5.32 Å². The third-order valence-electron chi connectivity index (χ3n) is 11.0. The van der Waals surface area contributed by atoms with E-state index in [0.29, 0.717) is 16.7 Å². The summed E-state index contributed by atoms with van der Waals surface area (Å²) >= 11 is 0. The Hall–Kier alpha value is -0.283. The summed E-state index contributed by atoms with van der Waals surface area (Å²) in [4.78, 5) is 0. The third kappa shape index (κ3) is 3.36. The molecule has 1 N–H and O–H groups in total. The molecule has 1 heterocycles. The SMILES string of the molecule is CC[C@H]1CC[C@H]2[C@@H]3[C@@H](C)C=C4NC(O[Si](C)(C)C(C)(C)C)CC[C@]4(C)[C@H]3CC[C@]12C. The maximum Gasteiger partial charge on any atom is 0.194 e. The van der Waals surface area contributed by atoms with Gasteiger partial charge in [0, 0.05) is 11.1 Å². The lowest BCUT2D eigenvalue weighted by molar-refractivity contribution is -0.0703. The van der Waals surface area contributed by atoms with Crippen LogP contribution in [0.4, 0.5) is 0 Å². The van der Waals surface area contributed by atoms with E-state index >= 15 is 0 Å². The Bertz CT molecular complexity index is 693. The Morgan fingerprint density at radius 1 is 1.07 bits per heavy atom. The lowest BCUT2D eigenvalue weighted by Gasteiger charge is -2.60. The van der Waals surface area contributed by atoms with E-state index in [1.807, 2.05) is 0 Å². The van der Waals surface area contributed by atoms with E-state index in [1.165, 1.54) is 44.2 Å². The minimum Gasteiger partial charge on any atom is -0.397 e. The van der Waals surface area contributed by atoms with Crippen molar-refractivity contribution in [3.05, 3.63) is 11.8 Å². The second-order valence-electron chi connectivity index (χ2n) is 13.4. The highest BCUT2D eigenvalue weighted by Gasteiger charge is 2.60. The molecule has 4 aliphatic rings. The van der Waals surface area contributed by atoms with Gasteiger partial charge in [-0.3, -0.25) is 0 Å². The Balaban J connectivity index is 1.57. The lowest BCUT2D eigenvalue weighted by atomic mass is 9.47. The molecule has 0 aromatic carbocycles. The van der Waals surface area contributed by atoms with Crippen LogP contribution in [0.25, 0.3) is 0 Å². The highest BCUT2D eigenvalue weighted by Crippen LogP contribution is 2.66. The molecule has 4 rings (SSSR count). The second kappa shape index (κ2) is 7.37. The number of nitrogens with one attached hydrogen (secondary N) is 1. The van der Waals surface area contributed by atoms with Crippen LogP contribution in [-0.2, 0) is 4.43 Å². The molecule has 30 heavy (non-hydrogen) atoms. The van der Waals surface area contributed by atoms with E-state index < -0.39 is 8.32 Å². The number of piperidine rings is 1. The van der Waals surface area contributed by atoms with Gasteiger partial charge in [-0.2, -0.15) is 0 Å². The molecular formula is C27H49NOSi. The summed E-state index contributed by atoms with van der Waals surface area (Å²) < 4.78 is 6.81. The highest BCUT2D eigenvalue weighted by atomic mass is 28.4. The van der Waals surface area contributed by atoms with Crippen molar-refractivity contribution in [1.82, 2.24) is 5.32 Å². The number of hydrogen-bond donors (Lipinski definition) is 1. The maximum absolute atomic E-state index is 6.81. The smallest absolute Gasteiger partial charge is 0.194 e. The first-order valence-corrected chi connectivity index (χ1v) is 15.9. The Kier molecular flexibility index (Phi) is 5.62. The van der Waals surface area contributed by atoms with Crippen molar-refractivity contribution in [2.75, 3.05) is 0 Å². The molecule has 2 nitrogen and oxygen atoms in total. The minimum absolute atomic E-state index is 0.207. The van der Waals surface area contributed by atoms with Crippen molar-refractivity contribution < 1.29 is 4.43 Å². The lowest BCUT2D eigenvalue weighted by Crippen LogP contribution is -2.58. The Morgan fingerprint density at radius 3 is 2.40 bits per heavy atom. The maximum atomic E-state index is 6.81. The molecule has 0 amide bonds. The van der Waals surface area contributed by atoms with Crippen molar-refractivity contribution in [3.63, 3.8) is 0 Å². The van der Waals surface area contributed by atoms with Gasteiger partial charge in [-0.15, -0.1) is 0 Å². The van der Waals surface area contributed by atoms with E-state index in [2.05, 4.69) is 73.0 Å². The molecule has 3 fully saturated rings. The number of rotatable bonds is 3. The molecule has 2 saturated carbocycles.